The summed E-state index contributed by atoms with van der Waals surface area (Å²) in [5.41, 5.74) is 3.31. The minimum absolute atomic E-state index is 0.280. The fourth-order valence-electron chi connectivity index (χ4n) is 3.13. The van der Waals surface area contributed by atoms with Crippen LogP contribution in [0.4, 0.5) is 0 Å². The molecule has 1 nitrogen and oxygen atoms in total. The van der Waals surface area contributed by atoms with Crippen molar-refractivity contribution in [2.45, 2.75) is 40.0 Å². The number of rotatable bonds is 3. The fraction of sp³-hybridized carbons (Fsp3) is 0.368. The van der Waals surface area contributed by atoms with Crippen LogP contribution in [0.25, 0.3) is 6.08 Å². The average Bonchev–Trinajstić information content (AvgIpc) is 3.05. The van der Waals surface area contributed by atoms with Crippen molar-refractivity contribution in [1.29, 1.82) is 0 Å². The minimum atomic E-state index is -1.79. The van der Waals surface area contributed by atoms with Crippen LogP contribution < -0.4 is 3.80 Å². The Morgan fingerprint density at radius 3 is 2.29 bits per heavy atom. The molecule has 112 valence electrons. The third-order valence-electron chi connectivity index (χ3n) is 3.97. The van der Waals surface area contributed by atoms with Crippen LogP contribution in [0, 0.1) is 0 Å². The molecule has 1 heterocycles. The molecule has 1 N–H and O–H groups in total. The molecule has 1 aromatic rings. The molecule has 3 rings (SSSR count). The van der Waals surface area contributed by atoms with Crippen LogP contribution in [0.15, 0.2) is 55.7 Å². The Bertz CT molecular complexity index is 541. The maximum atomic E-state index is 4.03. The Balaban J connectivity index is 0.000000361. The van der Waals surface area contributed by atoms with Gasteiger partial charge in [0.25, 0.3) is 0 Å². The Hall–Kier alpha value is -0.886. The molecule has 1 aromatic carbocycles. The quantitative estimate of drug-likeness (QED) is 0.580. The zero-order chi connectivity index (χ0) is 15.5. The molecule has 2 aliphatic rings. The second kappa shape index (κ2) is 6.48. The van der Waals surface area contributed by atoms with Crippen molar-refractivity contribution in [2.24, 2.45) is 0 Å². The van der Waals surface area contributed by atoms with Crippen molar-refractivity contribution in [3.63, 3.8) is 0 Å². The van der Waals surface area contributed by atoms with Gasteiger partial charge in [-0.1, -0.05) is 25.3 Å². The number of allylic oxidation sites excluding steroid dienone is 3. The predicted octanol–water partition coefficient (Wildman–Crippen LogP) is 5.42. The van der Waals surface area contributed by atoms with Gasteiger partial charge in [-0.05, 0) is 0 Å². The van der Waals surface area contributed by atoms with E-state index in [9.17, 15) is 0 Å². The zero-order valence-electron chi connectivity index (χ0n) is 13.5. The molecule has 0 radical (unpaired) electrons. The molecular formula is C19H27NTi. The molecule has 2 heteroatoms. The van der Waals surface area contributed by atoms with Crippen molar-refractivity contribution < 1.29 is 16.8 Å². The maximum absolute atomic E-state index is 4.03. The van der Waals surface area contributed by atoms with Gasteiger partial charge in [0.2, 0.25) is 0 Å². The van der Waals surface area contributed by atoms with E-state index in [1.807, 2.05) is 0 Å². The van der Waals surface area contributed by atoms with Crippen LogP contribution >= 0.6 is 0 Å². The SMILES string of the molecule is C=CC=C.CC(C)(C)[NH][Ti]1([CH]2C=Cc3ccccc32)[CH2][CH2]1. The van der Waals surface area contributed by atoms with Crippen LogP contribution in [0.5, 0.6) is 0 Å². The normalized spacial score (nSPS) is 21.0. The molecule has 0 aromatic heterocycles. The number of fused-ring (bicyclic) bond motifs is 1. The molecular weight excluding hydrogens is 290 g/mol. The van der Waals surface area contributed by atoms with Gasteiger partial charge in [-0.2, -0.15) is 0 Å². The van der Waals surface area contributed by atoms with Crippen LogP contribution in [-0.2, 0) is 16.8 Å². The van der Waals surface area contributed by atoms with Crippen molar-refractivity contribution in [3.8, 4) is 0 Å². The van der Waals surface area contributed by atoms with Gasteiger partial charge in [-0.15, -0.1) is 0 Å². The molecule has 0 spiro atoms. The van der Waals surface area contributed by atoms with Gasteiger partial charge in [0, 0.05) is 0 Å². The number of hydrogen-bond donors (Lipinski definition) is 1. The van der Waals surface area contributed by atoms with Crippen molar-refractivity contribution >= 4 is 6.08 Å². The van der Waals surface area contributed by atoms with E-state index < -0.39 is 16.8 Å². The monoisotopic (exact) mass is 317 g/mol. The molecule has 0 saturated carbocycles. The topological polar surface area (TPSA) is 12.0 Å². The summed E-state index contributed by atoms with van der Waals surface area (Å²) in [4.78, 5) is 0. The van der Waals surface area contributed by atoms with Crippen molar-refractivity contribution in [1.82, 2.24) is 3.80 Å². The van der Waals surface area contributed by atoms with E-state index >= 15 is 0 Å². The fourth-order valence-corrected chi connectivity index (χ4v) is 11.3. The van der Waals surface area contributed by atoms with E-state index in [0.717, 1.165) is 4.22 Å². The first kappa shape index (κ1) is 16.5. The number of benzene rings is 1. The summed E-state index contributed by atoms with van der Waals surface area (Å²) in [7, 11) is 0. The van der Waals surface area contributed by atoms with E-state index in [1.54, 1.807) is 17.7 Å². The molecule has 1 fully saturated rings. The average molecular weight is 317 g/mol. The first-order valence-corrected chi connectivity index (χ1v) is 11.6. The molecule has 1 atom stereocenters. The van der Waals surface area contributed by atoms with E-state index in [2.05, 4.69) is 74.1 Å². The Kier molecular flexibility index (Phi) is 5.09. The van der Waals surface area contributed by atoms with Gasteiger partial charge in [0.1, 0.15) is 0 Å². The third-order valence-corrected chi connectivity index (χ3v) is 11.0. The van der Waals surface area contributed by atoms with Gasteiger partial charge in [0.15, 0.2) is 0 Å². The number of nitrogens with one attached hydrogen (secondary N) is 1. The standard InChI is InChI=1S/C9H7.C4H10N.C4H6.C2H4.Ti/c1-2-5-9-7-3-6-8(9)4-1;1-4(2,3)5;1-3-4-2;1-2;/h1-7H;5H,1-3H3;3-4H,1-2H2;1-2H2;/q;-1;;;+1. The summed E-state index contributed by atoms with van der Waals surface area (Å²) in [6, 6.07) is 8.92. The van der Waals surface area contributed by atoms with Crippen molar-refractivity contribution in [2.75, 3.05) is 0 Å². The summed E-state index contributed by atoms with van der Waals surface area (Å²) >= 11 is -1.79. The second-order valence-corrected chi connectivity index (χ2v) is 13.5. The van der Waals surface area contributed by atoms with E-state index in [4.69, 9.17) is 0 Å². The van der Waals surface area contributed by atoms with Crippen LogP contribution in [0.3, 0.4) is 0 Å². The Morgan fingerprint density at radius 2 is 1.76 bits per heavy atom. The van der Waals surface area contributed by atoms with Gasteiger partial charge >= 0.3 is 108 Å². The molecule has 1 aliphatic heterocycles. The third kappa shape index (κ3) is 4.06. The summed E-state index contributed by atoms with van der Waals surface area (Å²) in [5, 5.41) is 0. The molecule has 21 heavy (non-hydrogen) atoms. The second-order valence-electron chi connectivity index (χ2n) is 6.97. The van der Waals surface area contributed by atoms with E-state index in [1.165, 1.54) is 15.0 Å². The summed E-state index contributed by atoms with van der Waals surface area (Å²) in [6.07, 6.45) is 8.08. The molecule has 0 bridgehead atoms. The Morgan fingerprint density at radius 1 is 1.14 bits per heavy atom. The van der Waals surface area contributed by atoms with Crippen LogP contribution in [0.2, 0.25) is 9.45 Å². The van der Waals surface area contributed by atoms with Gasteiger partial charge in [-0.25, -0.2) is 0 Å². The zero-order valence-corrected chi connectivity index (χ0v) is 15.1. The van der Waals surface area contributed by atoms with Gasteiger partial charge in [-0.3, -0.25) is 0 Å². The van der Waals surface area contributed by atoms with E-state index in [0.29, 0.717) is 0 Å². The molecule has 1 unspecified atom stereocenters. The van der Waals surface area contributed by atoms with Crippen LogP contribution in [-0.4, -0.2) is 5.54 Å². The Labute approximate surface area is 133 Å². The molecule has 1 aliphatic carbocycles. The van der Waals surface area contributed by atoms with Gasteiger partial charge in [0.05, 0.1) is 0 Å². The summed E-state index contributed by atoms with van der Waals surface area (Å²) in [5.74, 6) is 0. The van der Waals surface area contributed by atoms with E-state index in [-0.39, 0.29) is 5.54 Å². The van der Waals surface area contributed by atoms with Gasteiger partial charge < -0.3 is 0 Å². The molecule has 0 amide bonds. The molecule has 1 saturated heterocycles. The van der Waals surface area contributed by atoms with Crippen LogP contribution in [0.1, 0.15) is 36.1 Å². The predicted molar refractivity (Wildman–Crippen MR) is 91.1 cm³/mol. The summed E-state index contributed by atoms with van der Waals surface area (Å²) in [6.45, 7) is 13.6. The first-order valence-electron chi connectivity index (χ1n) is 7.72. The first-order chi connectivity index (χ1) is 9.92. The number of hydrogen-bond acceptors (Lipinski definition) is 1. The van der Waals surface area contributed by atoms with Crippen molar-refractivity contribution in [3.05, 3.63) is 66.8 Å². The summed E-state index contributed by atoms with van der Waals surface area (Å²) < 4.78 is 7.75.